The van der Waals surface area contributed by atoms with Gasteiger partial charge in [-0.05, 0) is 0 Å². The summed E-state index contributed by atoms with van der Waals surface area (Å²) in [6.45, 7) is 5.29. The van der Waals surface area contributed by atoms with Crippen LogP contribution in [0.2, 0.25) is 0 Å². The van der Waals surface area contributed by atoms with Crippen LogP contribution in [-0.4, -0.2) is 55.2 Å². The number of thiazole rings is 1. The normalized spacial score (nSPS) is 15.1. The summed E-state index contributed by atoms with van der Waals surface area (Å²) in [6.07, 6.45) is 0. The molecule has 1 amide bonds. The Morgan fingerprint density at radius 3 is 2.75 bits per heavy atom. The summed E-state index contributed by atoms with van der Waals surface area (Å²) in [5.41, 5.74) is 5.92. The molecule has 2 rings (SSSR count). The molecular weight excluding hydrogens is 323 g/mol. The zero-order chi connectivity index (χ0) is 12.8. The molecule has 1 aromatic rings. The van der Waals surface area contributed by atoms with Crippen LogP contribution in [0.5, 0.6) is 0 Å². The summed E-state index contributed by atoms with van der Waals surface area (Å²) in [5, 5.41) is 5.39. The average Bonchev–Trinajstić information content (AvgIpc) is 2.89. The van der Waals surface area contributed by atoms with Crippen LogP contribution in [0, 0.1) is 0 Å². The van der Waals surface area contributed by atoms with Crippen LogP contribution in [0.25, 0.3) is 0 Å². The molecule has 6 nitrogen and oxygen atoms in total. The number of ether oxygens (including phenoxy) is 1. The van der Waals surface area contributed by atoms with Gasteiger partial charge in [0.2, 0.25) is 0 Å². The quantitative estimate of drug-likeness (QED) is 0.814. The van der Waals surface area contributed by atoms with Crippen molar-refractivity contribution in [2.24, 2.45) is 5.73 Å². The molecule has 3 N–H and O–H groups in total. The number of carbonyl (C=O) groups excluding carboxylic acids is 1. The lowest BCUT2D eigenvalue weighted by molar-refractivity contribution is 0.0383. The van der Waals surface area contributed by atoms with Crippen LogP contribution >= 0.6 is 36.2 Å². The van der Waals surface area contributed by atoms with Crippen molar-refractivity contribution in [3.63, 3.8) is 0 Å². The van der Waals surface area contributed by atoms with Crippen molar-refractivity contribution >= 4 is 42.1 Å². The SMILES string of the molecule is Cl.Cl.NCc1nc(C(=O)NCCN2CCOCC2)cs1. The Morgan fingerprint density at radius 2 is 2.15 bits per heavy atom. The second-order valence-electron chi connectivity index (χ2n) is 4.04. The molecule has 0 radical (unpaired) electrons. The molecule has 0 atom stereocenters. The number of rotatable bonds is 5. The van der Waals surface area contributed by atoms with Crippen molar-refractivity contribution in [1.29, 1.82) is 0 Å². The first kappa shape index (κ1) is 19.6. The number of aromatic nitrogens is 1. The number of amides is 1. The van der Waals surface area contributed by atoms with E-state index in [0.29, 0.717) is 18.8 Å². The molecule has 2 heterocycles. The third-order valence-electron chi connectivity index (χ3n) is 2.78. The third kappa shape index (κ3) is 5.90. The molecule has 0 saturated carbocycles. The molecule has 1 saturated heterocycles. The fraction of sp³-hybridized carbons (Fsp3) is 0.636. The first-order chi connectivity index (χ1) is 8.79. The first-order valence-corrected chi connectivity index (χ1v) is 6.90. The molecule has 0 spiro atoms. The Balaban J connectivity index is 0.00000180. The molecule has 0 aromatic carbocycles. The summed E-state index contributed by atoms with van der Waals surface area (Å²) in [5.74, 6) is -0.126. The molecule has 9 heteroatoms. The van der Waals surface area contributed by atoms with E-state index in [2.05, 4.69) is 15.2 Å². The van der Waals surface area contributed by atoms with Gasteiger partial charge in [-0.15, -0.1) is 36.2 Å². The van der Waals surface area contributed by atoms with Gasteiger partial charge in [-0.3, -0.25) is 9.69 Å². The predicted molar refractivity (Wildman–Crippen MR) is 84.1 cm³/mol. The average molecular weight is 343 g/mol. The molecule has 0 aliphatic carbocycles. The van der Waals surface area contributed by atoms with Crippen molar-refractivity contribution in [3.05, 3.63) is 16.1 Å². The number of hydrogen-bond donors (Lipinski definition) is 2. The van der Waals surface area contributed by atoms with Gasteiger partial charge in [0, 0.05) is 38.1 Å². The highest BCUT2D eigenvalue weighted by atomic mass is 35.5. The summed E-state index contributed by atoms with van der Waals surface area (Å²) >= 11 is 1.42. The predicted octanol–water partition coefficient (Wildman–Crippen LogP) is 0.507. The fourth-order valence-corrected chi connectivity index (χ4v) is 2.41. The molecule has 20 heavy (non-hydrogen) atoms. The molecule has 1 aliphatic heterocycles. The van der Waals surface area contributed by atoms with E-state index in [0.717, 1.165) is 37.9 Å². The van der Waals surface area contributed by atoms with E-state index in [4.69, 9.17) is 10.5 Å². The van der Waals surface area contributed by atoms with Gasteiger partial charge in [0.1, 0.15) is 10.7 Å². The minimum atomic E-state index is -0.126. The van der Waals surface area contributed by atoms with Crippen molar-refractivity contribution in [3.8, 4) is 0 Å². The summed E-state index contributed by atoms with van der Waals surface area (Å²) in [6, 6.07) is 0. The highest BCUT2D eigenvalue weighted by Gasteiger charge is 2.12. The van der Waals surface area contributed by atoms with Gasteiger partial charge in [-0.1, -0.05) is 0 Å². The second-order valence-corrected chi connectivity index (χ2v) is 4.98. The van der Waals surface area contributed by atoms with E-state index in [-0.39, 0.29) is 30.7 Å². The van der Waals surface area contributed by atoms with E-state index in [1.54, 1.807) is 5.38 Å². The van der Waals surface area contributed by atoms with Crippen molar-refractivity contribution in [2.75, 3.05) is 39.4 Å². The first-order valence-electron chi connectivity index (χ1n) is 6.02. The largest absolute Gasteiger partial charge is 0.379 e. The van der Waals surface area contributed by atoms with Crippen LogP contribution in [0.4, 0.5) is 0 Å². The zero-order valence-electron chi connectivity index (χ0n) is 11.0. The van der Waals surface area contributed by atoms with E-state index in [9.17, 15) is 4.79 Å². The second kappa shape index (κ2) is 10.3. The van der Waals surface area contributed by atoms with E-state index >= 15 is 0 Å². The lowest BCUT2D eigenvalue weighted by atomic mass is 10.4. The smallest absolute Gasteiger partial charge is 0.270 e. The third-order valence-corrected chi connectivity index (χ3v) is 3.65. The lowest BCUT2D eigenvalue weighted by Crippen LogP contribution is -2.41. The lowest BCUT2D eigenvalue weighted by Gasteiger charge is -2.26. The summed E-state index contributed by atoms with van der Waals surface area (Å²) < 4.78 is 5.26. The van der Waals surface area contributed by atoms with Crippen LogP contribution < -0.4 is 11.1 Å². The monoisotopic (exact) mass is 342 g/mol. The van der Waals surface area contributed by atoms with Crippen LogP contribution in [0.3, 0.4) is 0 Å². The number of nitrogens with one attached hydrogen (secondary N) is 1. The standard InChI is InChI=1S/C11H18N4O2S.2ClH/c12-7-10-14-9(8-18-10)11(16)13-1-2-15-3-5-17-6-4-15;;/h8H,1-7,12H2,(H,13,16);2*1H. The van der Waals surface area contributed by atoms with E-state index in [1.807, 2.05) is 0 Å². The zero-order valence-corrected chi connectivity index (χ0v) is 13.5. The highest BCUT2D eigenvalue weighted by Crippen LogP contribution is 2.08. The maximum Gasteiger partial charge on any atom is 0.270 e. The number of halogens is 2. The van der Waals surface area contributed by atoms with Gasteiger partial charge < -0.3 is 15.8 Å². The topological polar surface area (TPSA) is 80.5 Å². The minimum Gasteiger partial charge on any atom is -0.379 e. The summed E-state index contributed by atoms with van der Waals surface area (Å²) in [4.78, 5) is 18.2. The molecular formula is C11H20Cl2N4O2S. The van der Waals surface area contributed by atoms with Crippen LogP contribution in [0.15, 0.2) is 5.38 Å². The molecule has 1 aromatic heterocycles. The Hall–Kier alpha value is -0.440. The number of hydrogen-bond acceptors (Lipinski definition) is 6. The molecule has 116 valence electrons. The van der Waals surface area contributed by atoms with Gasteiger partial charge in [0.15, 0.2) is 0 Å². The number of nitrogens with two attached hydrogens (primary N) is 1. The van der Waals surface area contributed by atoms with E-state index in [1.165, 1.54) is 11.3 Å². The maximum absolute atomic E-state index is 11.8. The van der Waals surface area contributed by atoms with Gasteiger partial charge in [0.25, 0.3) is 5.91 Å². The Morgan fingerprint density at radius 1 is 1.45 bits per heavy atom. The maximum atomic E-state index is 11.8. The molecule has 0 unspecified atom stereocenters. The fourth-order valence-electron chi connectivity index (χ4n) is 1.75. The Labute approximate surface area is 134 Å². The Bertz CT molecular complexity index is 400. The van der Waals surface area contributed by atoms with Gasteiger partial charge >= 0.3 is 0 Å². The van der Waals surface area contributed by atoms with Crippen LogP contribution in [0.1, 0.15) is 15.5 Å². The summed E-state index contributed by atoms with van der Waals surface area (Å²) in [7, 11) is 0. The van der Waals surface area contributed by atoms with Gasteiger partial charge in [-0.2, -0.15) is 0 Å². The minimum absolute atomic E-state index is 0. The van der Waals surface area contributed by atoms with Gasteiger partial charge in [0.05, 0.1) is 13.2 Å². The van der Waals surface area contributed by atoms with Crippen molar-refractivity contribution in [2.45, 2.75) is 6.54 Å². The van der Waals surface area contributed by atoms with E-state index < -0.39 is 0 Å². The van der Waals surface area contributed by atoms with Gasteiger partial charge in [-0.25, -0.2) is 4.98 Å². The Kier molecular flexibility index (Phi) is 10.1. The van der Waals surface area contributed by atoms with Crippen LogP contribution in [-0.2, 0) is 11.3 Å². The van der Waals surface area contributed by atoms with Crippen molar-refractivity contribution < 1.29 is 9.53 Å². The number of carbonyl (C=O) groups is 1. The highest BCUT2D eigenvalue weighted by molar-refractivity contribution is 7.09. The molecule has 1 fully saturated rings. The molecule has 1 aliphatic rings. The molecule has 0 bridgehead atoms. The number of nitrogens with zero attached hydrogens (tertiary/aromatic N) is 2. The van der Waals surface area contributed by atoms with Crippen molar-refractivity contribution in [1.82, 2.24) is 15.2 Å². The number of morpholine rings is 1.